The number of ether oxygens (including phenoxy) is 1. The Balaban J connectivity index is 4.45. The Hall–Kier alpha value is -0.530. The molecule has 0 aromatic heterocycles. The standard InChI is InChI=1S/C9H16INO4/c1-8(2,3)15-7(14)11-9(4,5-10)6(12)13/h5H2,1-4H3,(H,11,14)(H,12,13)/t9-/m0/s1. The molecule has 0 saturated heterocycles. The lowest BCUT2D eigenvalue weighted by atomic mass is 10.1. The summed E-state index contributed by atoms with van der Waals surface area (Å²) in [4.78, 5) is 22.2. The highest BCUT2D eigenvalue weighted by Crippen LogP contribution is 2.12. The highest BCUT2D eigenvalue weighted by molar-refractivity contribution is 14.1. The Morgan fingerprint density at radius 2 is 1.80 bits per heavy atom. The van der Waals surface area contributed by atoms with Gasteiger partial charge in [-0.2, -0.15) is 0 Å². The molecule has 0 aliphatic carbocycles. The molecule has 5 nitrogen and oxygen atoms in total. The molecule has 0 aliphatic rings. The van der Waals surface area contributed by atoms with Crippen molar-refractivity contribution in [2.45, 2.75) is 38.8 Å². The van der Waals surface area contributed by atoms with Gasteiger partial charge in [0, 0.05) is 4.43 Å². The minimum atomic E-state index is -1.29. The number of rotatable bonds is 3. The van der Waals surface area contributed by atoms with Crippen molar-refractivity contribution in [3.8, 4) is 0 Å². The predicted molar refractivity (Wildman–Crippen MR) is 64.3 cm³/mol. The zero-order valence-corrected chi connectivity index (χ0v) is 11.4. The van der Waals surface area contributed by atoms with Crippen LogP contribution in [-0.2, 0) is 9.53 Å². The Kier molecular flexibility index (Phi) is 4.82. The molecule has 0 unspecified atom stereocenters. The number of amides is 1. The fourth-order valence-corrected chi connectivity index (χ4v) is 1.19. The van der Waals surface area contributed by atoms with Crippen LogP contribution in [0.4, 0.5) is 4.79 Å². The Morgan fingerprint density at radius 1 is 1.33 bits per heavy atom. The van der Waals surface area contributed by atoms with Crippen LogP contribution >= 0.6 is 22.6 Å². The molecule has 1 amide bonds. The van der Waals surface area contributed by atoms with Crippen molar-refractivity contribution in [2.75, 3.05) is 4.43 Å². The van der Waals surface area contributed by atoms with E-state index in [0.717, 1.165) is 0 Å². The van der Waals surface area contributed by atoms with Crippen molar-refractivity contribution in [3.05, 3.63) is 0 Å². The number of hydrogen-bond acceptors (Lipinski definition) is 3. The van der Waals surface area contributed by atoms with E-state index in [1.54, 1.807) is 20.8 Å². The Bertz CT molecular complexity index is 261. The molecule has 0 spiro atoms. The molecular formula is C9H16INO4. The number of alkyl carbamates (subject to hydrolysis) is 1. The number of carbonyl (C=O) groups is 2. The molecule has 15 heavy (non-hydrogen) atoms. The number of carboxylic acid groups (broad SMARTS) is 1. The molecule has 0 rings (SSSR count). The van der Waals surface area contributed by atoms with Gasteiger partial charge in [-0.1, -0.05) is 22.6 Å². The quantitative estimate of drug-likeness (QED) is 0.611. The van der Waals surface area contributed by atoms with Crippen LogP contribution in [0.1, 0.15) is 27.7 Å². The number of hydrogen-bond donors (Lipinski definition) is 2. The second-order valence-corrected chi connectivity index (χ2v) is 5.16. The summed E-state index contributed by atoms with van der Waals surface area (Å²) in [6.45, 7) is 6.59. The molecule has 88 valence electrons. The highest BCUT2D eigenvalue weighted by Gasteiger charge is 2.35. The topological polar surface area (TPSA) is 75.6 Å². The van der Waals surface area contributed by atoms with Crippen molar-refractivity contribution in [1.29, 1.82) is 0 Å². The largest absolute Gasteiger partial charge is 0.479 e. The van der Waals surface area contributed by atoms with E-state index in [1.807, 2.05) is 22.6 Å². The fraction of sp³-hybridized carbons (Fsp3) is 0.778. The van der Waals surface area contributed by atoms with Gasteiger partial charge in [0.05, 0.1) is 0 Å². The summed E-state index contributed by atoms with van der Waals surface area (Å²) < 4.78 is 5.23. The molecule has 0 saturated carbocycles. The average molecular weight is 329 g/mol. The molecule has 1 atom stereocenters. The average Bonchev–Trinajstić information content (AvgIpc) is 1.99. The maximum absolute atomic E-state index is 11.3. The number of aliphatic carboxylic acids is 1. The van der Waals surface area contributed by atoms with Gasteiger partial charge >= 0.3 is 12.1 Å². The van der Waals surface area contributed by atoms with Gasteiger partial charge in [-0.05, 0) is 27.7 Å². The van der Waals surface area contributed by atoms with E-state index in [0.29, 0.717) is 0 Å². The van der Waals surface area contributed by atoms with Gasteiger partial charge in [-0.15, -0.1) is 0 Å². The lowest BCUT2D eigenvalue weighted by Gasteiger charge is -2.26. The molecule has 0 fully saturated rings. The van der Waals surface area contributed by atoms with Gasteiger partial charge in [-0.3, -0.25) is 0 Å². The highest BCUT2D eigenvalue weighted by atomic mass is 127. The molecule has 0 heterocycles. The third-order valence-electron chi connectivity index (χ3n) is 1.52. The lowest BCUT2D eigenvalue weighted by Crippen LogP contribution is -2.54. The first-order chi connectivity index (χ1) is 6.60. The third-order valence-corrected chi connectivity index (χ3v) is 3.04. The van der Waals surface area contributed by atoms with Crippen LogP contribution in [0.3, 0.4) is 0 Å². The monoisotopic (exact) mass is 329 g/mol. The van der Waals surface area contributed by atoms with Gasteiger partial charge in [-0.25, -0.2) is 9.59 Å². The fourth-order valence-electron chi connectivity index (χ4n) is 0.673. The first-order valence-corrected chi connectivity index (χ1v) is 5.94. The van der Waals surface area contributed by atoms with Crippen molar-refractivity contribution in [1.82, 2.24) is 5.32 Å². The second-order valence-electron chi connectivity index (χ2n) is 4.40. The van der Waals surface area contributed by atoms with Crippen molar-refractivity contribution < 1.29 is 19.4 Å². The van der Waals surface area contributed by atoms with E-state index in [9.17, 15) is 9.59 Å². The van der Waals surface area contributed by atoms with Crippen LogP contribution in [0.15, 0.2) is 0 Å². The van der Waals surface area contributed by atoms with Gasteiger partial charge < -0.3 is 15.2 Å². The Morgan fingerprint density at radius 3 is 2.07 bits per heavy atom. The second kappa shape index (κ2) is 5.00. The number of alkyl halides is 1. The summed E-state index contributed by atoms with van der Waals surface area (Å²) in [6, 6.07) is 0. The van der Waals surface area contributed by atoms with Crippen molar-refractivity contribution >= 4 is 34.7 Å². The Labute approximate surface area is 103 Å². The van der Waals surface area contributed by atoms with Crippen molar-refractivity contribution in [2.24, 2.45) is 0 Å². The van der Waals surface area contributed by atoms with Gasteiger partial charge in [0.1, 0.15) is 11.1 Å². The van der Waals surface area contributed by atoms with E-state index >= 15 is 0 Å². The molecule has 6 heteroatoms. The SMILES string of the molecule is CC(C)(C)OC(=O)N[C@@](C)(CI)C(=O)O. The summed E-state index contributed by atoms with van der Waals surface area (Å²) >= 11 is 1.90. The van der Waals surface area contributed by atoms with Crippen LogP contribution in [-0.4, -0.2) is 32.7 Å². The summed E-state index contributed by atoms with van der Waals surface area (Å²) in [6.07, 6.45) is -0.718. The van der Waals surface area contributed by atoms with Gasteiger partial charge in [0.2, 0.25) is 0 Å². The van der Waals surface area contributed by atoms with E-state index in [1.165, 1.54) is 6.92 Å². The van der Waals surface area contributed by atoms with E-state index in [2.05, 4.69) is 5.32 Å². The zero-order valence-electron chi connectivity index (χ0n) is 9.26. The van der Waals surface area contributed by atoms with Gasteiger partial charge in [0.25, 0.3) is 0 Å². The van der Waals surface area contributed by atoms with Crippen LogP contribution < -0.4 is 5.32 Å². The minimum Gasteiger partial charge on any atom is -0.479 e. The summed E-state index contributed by atoms with van der Waals surface area (Å²) in [7, 11) is 0. The van der Waals surface area contributed by atoms with E-state index in [-0.39, 0.29) is 4.43 Å². The normalized spacial score (nSPS) is 15.3. The van der Waals surface area contributed by atoms with E-state index in [4.69, 9.17) is 9.84 Å². The smallest absolute Gasteiger partial charge is 0.408 e. The summed E-state index contributed by atoms with van der Waals surface area (Å²) in [5, 5.41) is 11.2. The van der Waals surface area contributed by atoms with E-state index < -0.39 is 23.2 Å². The number of nitrogens with one attached hydrogen (secondary N) is 1. The number of carboxylic acids is 1. The first kappa shape index (κ1) is 14.5. The first-order valence-electron chi connectivity index (χ1n) is 4.41. The maximum Gasteiger partial charge on any atom is 0.408 e. The number of carbonyl (C=O) groups excluding carboxylic acids is 1. The van der Waals surface area contributed by atoms with Crippen molar-refractivity contribution in [3.63, 3.8) is 0 Å². The molecule has 0 radical (unpaired) electrons. The van der Waals surface area contributed by atoms with Crippen LogP contribution in [0.2, 0.25) is 0 Å². The summed E-state index contributed by atoms with van der Waals surface area (Å²) in [5.74, 6) is -1.08. The lowest BCUT2D eigenvalue weighted by molar-refractivity contribution is -0.143. The van der Waals surface area contributed by atoms with Crippen LogP contribution in [0.25, 0.3) is 0 Å². The molecule has 0 bridgehead atoms. The zero-order chi connectivity index (χ0) is 12.3. The maximum atomic E-state index is 11.3. The molecule has 0 aliphatic heterocycles. The third kappa shape index (κ3) is 5.19. The van der Waals surface area contributed by atoms with Crippen LogP contribution in [0, 0.1) is 0 Å². The summed E-state index contributed by atoms with van der Waals surface area (Å²) in [5.41, 5.74) is -1.92. The predicted octanol–water partition coefficient (Wildman–Crippen LogP) is 1.79. The molecule has 0 aromatic rings. The van der Waals surface area contributed by atoms with Crippen LogP contribution in [0.5, 0.6) is 0 Å². The molecule has 0 aromatic carbocycles. The van der Waals surface area contributed by atoms with Gasteiger partial charge in [0.15, 0.2) is 0 Å². The molecule has 2 N–H and O–H groups in total. The number of halogens is 1. The molecular weight excluding hydrogens is 313 g/mol. The minimum absolute atomic E-state index is 0.263.